The van der Waals surface area contributed by atoms with Crippen LogP contribution in [0.5, 0.6) is 0 Å². The quantitative estimate of drug-likeness (QED) is 0.644. The fourth-order valence-electron chi connectivity index (χ4n) is 4.24. The summed E-state index contributed by atoms with van der Waals surface area (Å²) < 4.78 is 0. The van der Waals surface area contributed by atoms with Gasteiger partial charge in [0, 0.05) is 42.8 Å². The highest BCUT2D eigenvalue weighted by Gasteiger charge is 2.43. The Morgan fingerprint density at radius 2 is 2.00 bits per heavy atom. The van der Waals surface area contributed by atoms with Gasteiger partial charge >= 0.3 is 0 Å². The summed E-state index contributed by atoms with van der Waals surface area (Å²) in [5.41, 5.74) is 5.20. The highest BCUT2D eigenvalue weighted by Crippen LogP contribution is 2.37. The summed E-state index contributed by atoms with van der Waals surface area (Å²) in [6.45, 7) is 4.87. The van der Waals surface area contributed by atoms with Gasteiger partial charge in [0.05, 0.1) is 5.92 Å². The first-order valence-electron chi connectivity index (χ1n) is 10.2. The van der Waals surface area contributed by atoms with Gasteiger partial charge in [0.25, 0.3) is 5.91 Å². The van der Waals surface area contributed by atoms with E-state index in [2.05, 4.69) is 20.2 Å². The molecule has 1 unspecified atom stereocenters. The summed E-state index contributed by atoms with van der Waals surface area (Å²) in [7, 11) is 0. The molecule has 0 bridgehead atoms. The van der Waals surface area contributed by atoms with Crippen LogP contribution in [0.25, 0.3) is 0 Å². The van der Waals surface area contributed by atoms with Crippen molar-refractivity contribution in [3.05, 3.63) is 46.7 Å². The predicted molar refractivity (Wildman–Crippen MR) is 117 cm³/mol. The first-order valence-corrected chi connectivity index (χ1v) is 10.5. The summed E-state index contributed by atoms with van der Waals surface area (Å²) in [4.78, 5) is 37.7. The van der Waals surface area contributed by atoms with Gasteiger partial charge in [0.15, 0.2) is 5.60 Å². The maximum Gasteiger partial charge on any atom is 0.260 e. The number of nitrogens with zero attached hydrogens (tertiary/aromatic N) is 4. The van der Waals surface area contributed by atoms with Crippen molar-refractivity contribution in [1.29, 1.82) is 0 Å². The molecule has 2 aliphatic heterocycles. The Morgan fingerprint density at radius 3 is 2.65 bits per heavy atom. The number of nitrogens with two attached hydrogens (primary N) is 1. The number of halogens is 1. The van der Waals surface area contributed by atoms with Gasteiger partial charge in [-0.25, -0.2) is 9.97 Å². The molecule has 2 aliphatic rings. The lowest BCUT2D eigenvalue weighted by Gasteiger charge is -2.43. The van der Waals surface area contributed by atoms with Crippen LogP contribution >= 0.6 is 11.6 Å². The van der Waals surface area contributed by atoms with E-state index in [1.807, 2.05) is 13.8 Å². The maximum absolute atomic E-state index is 13.3. The number of hydrogen-bond acceptors (Lipinski definition) is 7. The third kappa shape index (κ3) is 3.62. The zero-order chi connectivity index (χ0) is 22.3. The van der Waals surface area contributed by atoms with E-state index in [0.29, 0.717) is 41.9 Å². The van der Waals surface area contributed by atoms with Gasteiger partial charge in [-0.1, -0.05) is 23.7 Å². The van der Waals surface area contributed by atoms with Crippen LogP contribution in [-0.2, 0) is 15.2 Å². The molecule has 4 N–H and O–H groups in total. The van der Waals surface area contributed by atoms with Crippen LogP contribution in [0.15, 0.2) is 30.6 Å². The van der Waals surface area contributed by atoms with Crippen LogP contribution in [0.1, 0.15) is 30.9 Å². The molecule has 164 valence electrons. The number of benzene rings is 1. The Hall–Kier alpha value is -2.75. The Morgan fingerprint density at radius 1 is 1.29 bits per heavy atom. The van der Waals surface area contributed by atoms with E-state index < -0.39 is 11.5 Å². The van der Waals surface area contributed by atoms with E-state index in [-0.39, 0.29) is 24.4 Å². The Labute approximate surface area is 185 Å². The van der Waals surface area contributed by atoms with Crippen molar-refractivity contribution in [1.82, 2.24) is 14.9 Å². The number of hydrogen-bond donors (Lipinski definition) is 3. The molecule has 10 heteroatoms. The normalized spacial score (nSPS) is 22.7. The van der Waals surface area contributed by atoms with Crippen LogP contribution in [0.4, 0.5) is 11.6 Å². The zero-order valence-corrected chi connectivity index (χ0v) is 18.1. The second-order valence-electron chi connectivity index (χ2n) is 8.04. The molecule has 31 heavy (non-hydrogen) atoms. The summed E-state index contributed by atoms with van der Waals surface area (Å²) in [5.74, 6) is 0.348. The molecule has 4 rings (SSSR count). The van der Waals surface area contributed by atoms with Crippen LogP contribution in [0, 0.1) is 0 Å². The molecule has 1 fully saturated rings. The van der Waals surface area contributed by atoms with E-state index >= 15 is 0 Å². The van der Waals surface area contributed by atoms with Crippen molar-refractivity contribution in [2.24, 2.45) is 5.73 Å². The van der Waals surface area contributed by atoms with Gasteiger partial charge in [0.1, 0.15) is 18.0 Å². The van der Waals surface area contributed by atoms with Crippen LogP contribution in [0.3, 0.4) is 0 Å². The largest absolute Gasteiger partial charge is 0.374 e. The molecule has 1 saturated heterocycles. The van der Waals surface area contributed by atoms with Crippen molar-refractivity contribution >= 4 is 35.1 Å². The lowest BCUT2D eigenvalue weighted by molar-refractivity contribution is -0.154. The number of anilines is 2. The minimum atomic E-state index is -1.83. The van der Waals surface area contributed by atoms with Gasteiger partial charge in [-0.2, -0.15) is 0 Å². The highest BCUT2D eigenvalue weighted by atomic mass is 35.5. The summed E-state index contributed by atoms with van der Waals surface area (Å²) in [6, 6.07) is 6.27. The first kappa shape index (κ1) is 21.5. The minimum absolute atomic E-state index is 0.102. The maximum atomic E-state index is 13.3. The predicted octanol–water partition coefficient (Wildman–Crippen LogP) is 1.07. The van der Waals surface area contributed by atoms with Crippen molar-refractivity contribution in [3.8, 4) is 0 Å². The van der Waals surface area contributed by atoms with Gasteiger partial charge in [0.2, 0.25) is 5.91 Å². The van der Waals surface area contributed by atoms with Crippen LogP contribution < -0.4 is 16.0 Å². The van der Waals surface area contributed by atoms with E-state index in [0.717, 1.165) is 5.56 Å². The number of nitrogens with one attached hydrogen (secondary N) is 1. The molecular weight excluding hydrogens is 420 g/mol. The lowest BCUT2D eigenvalue weighted by Crippen LogP contribution is -2.60. The third-order valence-corrected chi connectivity index (χ3v) is 6.34. The standard InChI is InChI=1S/C21H25ClN6O3/c1-12-9-27(18-16-13(2)19(29)26-17(16)24-11-25-18)7-8-28(12)20(30)21(31,10-23)14-3-5-15(22)6-4-14/h3-6,11-13,31H,7-10,23H2,1-2H3,(H,24,25,26,29)/t12-,13?,21+/m1/s1. The van der Waals surface area contributed by atoms with Gasteiger partial charge in [-0.3, -0.25) is 9.59 Å². The number of amides is 2. The molecule has 9 nitrogen and oxygen atoms in total. The molecular formula is C21H25ClN6O3. The number of piperazine rings is 1. The van der Waals surface area contributed by atoms with E-state index in [1.165, 1.54) is 6.33 Å². The fraction of sp³-hybridized carbons (Fsp3) is 0.429. The van der Waals surface area contributed by atoms with Crippen LogP contribution in [-0.4, -0.2) is 64.0 Å². The molecule has 3 heterocycles. The lowest BCUT2D eigenvalue weighted by atomic mass is 9.91. The Balaban J connectivity index is 1.55. The van der Waals surface area contributed by atoms with Crippen molar-refractivity contribution < 1.29 is 14.7 Å². The van der Waals surface area contributed by atoms with Gasteiger partial charge < -0.3 is 26.0 Å². The van der Waals surface area contributed by atoms with Crippen molar-refractivity contribution in [2.45, 2.75) is 31.4 Å². The monoisotopic (exact) mass is 444 g/mol. The van der Waals surface area contributed by atoms with E-state index in [1.54, 1.807) is 29.2 Å². The zero-order valence-electron chi connectivity index (χ0n) is 17.4. The summed E-state index contributed by atoms with van der Waals surface area (Å²) >= 11 is 5.94. The molecule has 1 aromatic heterocycles. The number of rotatable bonds is 4. The van der Waals surface area contributed by atoms with E-state index in [4.69, 9.17) is 17.3 Å². The molecule has 3 atom stereocenters. The average molecular weight is 445 g/mol. The van der Waals surface area contributed by atoms with E-state index in [9.17, 15) is 14.7 Å². The Bertz CT molecular complexity index is 1020. The minimum Gasteiger partial charge on any atom is -0.374 e. The molecule has 0 spiro atoms. The second-order valence-corrected chi connectivity index (χ2v) is 8.47. The molecule has 1 aromatic carbocycles. The summed E-state index contributed by atoms with van der Waals surface area (Å²) in [5, 5.41) is 14.4. The molecule has 0 radical (unpaired) electrons. The number of carbonyl (C=O) groups is 2. The molecule has 0 saturated carbocycles. The van der Waals surface area contributed by atoms with Crippen molar-refractivity contribution in [3.63, 3.8) is 0 Å². The topological polar surface area (TPSA) is 125 Å². The number of aromatic nitrogens is 2. The number of aliphatic hydroxyl groups is 1. The van der Waals surface area contributed by atoms with Gasteiger partial charge in [-0.05, 0) is 31.5 Å². The van der Waals surface area contributed by atoms with Crippen molar-refractivity contribution in [2.75, 3.05) is 36.4 Å². The fourth-order valence-corrected chi connectivity index (χ4v) is 4.36. The first-order chi connectivity index (χ1) is 14.8. The van der Waals surface area contributed by atoms with Crippen LogP contribution in [0.2, 0.25) is 5.02 Å². The average Bonchev–Trinajstić information content (AvgIpc) is 3.06. The molecule has 2 amide bonds. The second kappa shape index (κ2) is 8.07. The smallest absolute Gasteiger partial charge is 0.260 e. The number of fused-ring (bicyclic) bond motifs is 1. The number of carbonyl (C=O) groups excluding carboxylic acids is 2. The highest BCUT2D eigenvalue weighted by molar-refractivity contribution is 6.30. The third-order valence-electron chi connectivity index (χ3n) is 6.09. The SMILES string of the molecule is CC1C(=O)Nc2ncnc(N3CCN(C(=O)[C@](O)(CN)c4ccc(Cl)cc4)[C@H](C)C3)c21. The van der Waals surface area contributed by atoms with Gasteiger partial charge in [-0.15, -0.1) is 0 Å². The Kier molecular flexibility index (Phi) is 5.59. The molecule has 0 aliphatic carbocycles. The summed E-state index contributed by atoms with van der Waals surface area (Å²) in [6.07, 6.45) is 1.43. The molecule has 2 aromatic rings.